The molecule has 3 N–H and O–H groups in total. The topological polar surface area (TPSA) is 79.5 Å². The van der Waals surface area contributed by atoms with Crippen molar-refractivity contribution < 1.29 is 14.3 Å². The van der Waals surface area contributed by atoms with Crippen molar-refractivity contribution in [3.63, 3.8) is 0 Å². The summed E-state index contributed by atoms with van der Waals surface area (Å²) in [6.45, 7) is 0.595. The molecule has 0 aromatic heterocycles. The first-order valence-corrected chi connectivity index (χ1v) is 10.2. The normalized spacial score (nSPS) is 14.1. The Kier molecular flexibility index (Phi) is 7.50. The highest BCUT2D eigenvalue weighted by Gasteiger charge is 2.16. The predicted molar refractivity (Wildman–Crippen MR) is 114 cm³/mol. The maximum Gasteiger partial charge on any atom is 0.251 e. The third kappa shape index (κ3) is 6.52. The Balaban J connectivity index is 1.45. The summed E-state index contributed by atoms with van der Waals surface area (Å²) in [5.41, 5.74) is 2.36. The van der Waals surface area contributed by atoms with Gasteiger partial charge in [-0.15, -0.1) is 0 Å². The molecule has 2 aromatic rings. The highest BCUT2D eigenvalue weighted by atomic mass is 16.5. The molecule has 0 spiro atoms. The number of ether oxygens (including phenoxy) is 1. The van der Waals surface area contributed by atoms with E-state index in [0.29, 0.717) is 12.1 Å². The van der Waals surface area contributed by atoms with E-state index < -0.39 is 0 Å². The number of nitrogens with one attached hydrogen (secondary N) is 3. The Hall–Kier alpha value is -3.02. The standard InChI is InChI=1S/C23H29N3O3/c1-29-21-12-10-17(11-13-21)15-25-22(27)16-24-20-9-5-6-18(14-20)23(28)26-19-7-3-2-4-8-19/h5-6,9-14,19,24H,2-4,7-8,15-16H2,1H3,(H,25,27)(H,26,28). The molecule has 0 unspecified atom stereocenters. The third-order valence-corrected chi connectivity index (χ3v) is 5.17. The van der Waals surface area contributed by atoms with E-state index in [4.69, 9.17) is 4.74 Å². The summed E-state index contributed by atoms with van der Waals surface area (Å²) in [5, 5.41) is 9.08. The average Bonchev–Trinajstić information content (AvgIpc) is 2.77. The van der Waals surface area contributed by atoms with E-state index in [-0.39, 0.29) is 24.4 Å². The first kappa shape index (κ1) is 20.7. The highest BCUT2D eigenvalue weighted by molar-refractivity contribution is 5.95. The lowest BCUT2D eigenvalue weighted by Crippen LogP contribution is -2.36. The summed E-state index contributed by atoms with van der Waals surface area (Å²) in [7, 11) is 1.62. The van der Waals surface area contributed by atoms with Crippen molar-refractivity contribution >= 4 is 17.5 Å². The molecule has 0 aliphatic heterocycles. The zero-order chi connectivity index (χ0) is 20.5. The molecule has 3 rings (SSSR count). The molecule has 154 valence electrons. The quantitative estimate of drug-likeness (QED) is 0.639. The van der Waals surface area contributed by atoms with E-state index in [2.05, 4.69) is 16.0 Å². The lowest BCUT2D eigenvalue weighted by atomic mass is 9.95. The van der Waals surface area contributed by atoms with Crippen LogP contribution >= 0.6 is 0 Å². The van der Waals surface area contributed by atoms with E-state index in [0.717, 1.165) is 29.8 Å². The van der Waals surface area contributed by atoms with Gasteiger partial charge in [0.05, 0.1) is 13.7 Å². The molecule has 6 heteroatoms. The van der Waals surface area contributed by atoms with Gasteiger partial charge in [-0.25, -0.2) is 0 Å². The average molecular weight is 396 g/mol. The summed E-state index contributed by atoms with van der Waals surface area (Å²) < 4.78 is 5.13. The second-order valence-electron chi connectivity index (χ2n) is 7.37. The second-order valence-corrected chi connectivity index (χ2v) is 7.37. The van der Waals surface area contributed by atoms with Gasteiger partial charge in [-0.05, 0) is 48.7 Å². The van der Waals surface area contributed by atoms with Crippen LogP contribution in [-0.4, -0.2) is 31.5 Å². The number of hydrogen-bond acceptors (Lipinski definition) is 4. The molecule has 29 heavy (non-hydrogen) atoms. The van der Waals surface area contributed by atoms with Crippen molar-refractivity contribution in [3.05, 3.63) is 59.7 Å². The minimum absolute atomic E-state index is 0.0514. The van der Waals surface area contributed by atoms with Gasteiger partial charge in [-0.1, -0.05) is 37.5 Å². The van der Waals surface area contributed by atoms with Gasteiger partial charge in [-0.2, -0.15) is 0 Å². The van der Waals surface area contributed by atoms with Gasteiger partial charge >= 0.3 is 0 Å². The Bertz CT molecular complexity index is 814. The Labute approximate surface area is 172 Å². The number of hydrogen-bond donors (Lipinski definition) is 3. The number of anilines is 1. The number of rotatable bonds is 8. The van der Waals surface area contributed by atoms with Crippen LogP contribution in [0.25, 0.3) is 0 Å². The van der Waals surface area contributed by atoms with Crippen LogP contribution in [0.4, 0.5) is 5.69 Å². The largest absolute Gasteiger partial charge is 0.497 e. The van der Waals surface area contributed by atoms with Crippen molar-refractivity contribution in [2.24, 2.45) is 0 Å². The molecule has 1 fully saturated rings. The van der Waals surface area contributed by atoms with Gasteiger partial charge < -0.3 is 20.7 Å². The van der Waals surface area contributed by atoms with E-state index in [1.807, 2.05) is 36.4 Å². The number of benzene rings is 2. The molecule has 0 radical (unpaired) electrons. The summed E-state index contributed by atoms with van der Waals surface area (Å²) in [4.78, 5) is 24.6. The van der Waals surface area contributed by atoms with E-state index in [1.54, 1.807) is 19.2 Å². The monoisotopic (exact) mass is 395 g/mol. The minimum atomic E-state index is -0.113. The second kappa shape index (κ2) is 10.5. The fraction of sp³-hybridized carbons (Fsp3) is 0.391. The molecule has 0 bridgehead atoms. The SMILES string of the molecule is COc1ccc(CNC(=O)CNc2cccc(C(=O)NC3CCCCC3)c2)cc1. The smallest absolute Gasteiger partial charge is 0.251 e. The van der Waals surface area contributed by atoms with Crippen LogP contribution in [0, 0.1) is 0 Å². The van der Waals surface area contributed by atoms with Crippen molar-refractivity contribution in [3.8, 4) is 5.75 Å². The molecule has 1 aliphatic rings. The van der Waals surface area contributed by atoms with Crippen LogP contribution in [0.2, 0.25) is 0 Å². The summed E-state index contributed by atoms with van der Waals surface area (Å²) in [5.74, 6) is 0.622. The highest BCUT2D eigenvalue weighted by Crippen LogP contribution is 2.18. The molecule has 0 saturated heterocycles. The van der Waals surface area contributed by atoms with Crippen LogP contribution in [0.5, 0.6) is 5.75 Å². The van der Waals surface area contributed by atoms with Crippen LogP contribution in [-0.2, 0) is 11.3 Å². The van der Waals surface area contributed by atoms with E-state index >= 15 is 0 Å². The molecule has 2 amide bonds. The van der Waals surface area contributed by atoms with Gasteiger partial charge in [0.1, 0.15) is 5.75 Å². The van der Waals surface area contributed by atoms with Crippen molar-refractivity contribution in [2.75, 3.05) is 19.0 Å². The minimum Gasteiger partial charge on any atom is -0.497 e. The molecule has 1 aliphatic carbocycles. The molecular formula is C23H29N3O3. The van der Waals surface area contributed by atoms with Gasteiger partial charge in [0.2, 0.25) is 5.91 Å². The van der Waals surface area contributed by atoms with Crippen LogP contribution in [0.1, 0.15) is 48.0 Å². The van der Waals surface area contributed by atoms with Gasteiger partial charge in [0.25, 0.3) is 5.91 Å². The lowest BCUT2D eigenvalue weighted by Gasteiger charge is -2.22. The maximum atomic E-state index is 12.5. The van der Waals surface area contributed by atoms with Crippen LogP contribution in [0.15, 0.2) is 48.5 Å². The fourth-order valence-corrected chi connectivity index (χ4v) is 3.47. The number of amides is 2. The van der Waals surface area contributed by atoms with Crippen LogP contribution in [0.3, 0.4) is 0 Å². The molecule has 1 saturated carbocycles. The summed E-state index contributed by atoms with van der Waals surface area (Å²) in [6.07, 6.45) is 5.72. The van der Waals surface area contributed by atoms with Crippen molar-refractivity contribution in [1.82, 2.24) is 10.6 Å². The molecule has 6 nitrogen and oxygen atoms in total. The summed E-state index contributed by atoms with van der Waals surface area (Å²) in [6, 6.07) is 15.1. The zero-order valence-electron chi connectivity index (χ0n) is 16.9. The number of carbonyl (C=O) groups excluding carboxylic acids is 2. The summed E-state index contributed by atoms with van der Waals surface area (Å²) >= 11 is 0. The fourth-order valence-electron chi connectivity index (χ4n) is 3.47. The Morgan fingerprint density at radius 3 is 2.52 bits per heavy atom. The molecule has 2 aromatic carbocycles. The first-order chi connectivity index (χ1) is 14.1. The number of carbonyl (C=O) groups is 2. The lowest BCUT2D eigenvalue weighted by molar-refractivity contribution is -0.119. The van der Waals surface area contributed by atoms with E-state index in [9.17, 15) is 9.59 Å². The van der Waals surface area contributed by atoms with Crippen molar-refractivity contribution in [1.29, 1.82) is 0 Å². The van der Waals surface area contributed by atoms with Crippen molar-refractivity contribution in [2.45, 2.75) is 44.7 Å². The molecular weight excluding hydrogens is 366 g/mol. The number of methoxy groups -OCH3 is 1. The first-order valence-electron chi connectivity index (χ1n) is 10.2. The predicted octanol–water partition coefficient (Wildman–Crippen LogP) is 3.49. The van der Waals surface area contributed by atoms with Gasteiger partial charge in [0, 0.05) is 23.8 Å². The molecule has 0 heterocycles. The Morgan fingerprint density at radius 1 is 1.03 bits per heavy atom. The molecule has 0 atom stereocenters. The Morgan fingerprint density at radius 2 is 1.79 bits per heavy atom. The van der Waals surface area contributed by atoms with Crippen LogP contribution < -0.4 is 20.7 Å². The zero-order valence-corrected chi connectivity index (χ0v) is 16.9. The third-order valence-electron chi connectivity index (χ3n) is 5.17. The maximum absolute atomic E-state index is 12.5. The van der Waals surface area contributed by atoms with Gasteiger partial charge in [0.15, 0.2) is 0 Å². The van der Waals surface area contributed by atoms with Gasteiger partial charge in [-0.3, -0.25) is 9.59 Å². The van der Waals surface area contributed by atoms with E-state index in [1.165, 1.54) is 19.3 Å².